The molecule has 1 N–H and O–H groups in total. The molecule has 1 heterocycles. The van der Waals surface area contributed by atoms with Gasteiger partial charge in [-0.3, -0.25) is 4.79 Å². The van der Waals surface area contributed by atoms with Crippen LogP contribution >= 0.6 is 0 Å². The number of amides is 1. The maximum atomic E-state index is 12.7. The average molecular weight is 299 g/mol. The molecule has 0 spiro atoms. The highest BCUT2D eigenvalue weighted by molar-refractivity contribution is 6.05. The van der Waals surface area contributed by atoms with E-state index in [1.165, 1.54) is 25.7 Å². The molecule has 1 aliphatic carbocycles. The number of H-pyrrole nitrogens is 1. The van der Waals surface area contributed by atoms with E-state index in [1.807, 2.05) is 42.4 Å². The fourth-order valence-electron chi connectivity index (χ4n) is 3.41. The van der Waals surface area contributed by atoms with Crippen molar-refractivity contribution < 1.29 is 4.79 Å². The largest absolute Gasteiger partial charge is 0.361 e. The van der Waals surface area contributed by atoms with E-state index in [0.717, 1.165) is 29.6 Å². The molecule has 22 heavy (non-hydrogen) atoms. The SMILES string of the molecule is CN(CCN(C)C1CCCC1)C(=O)c1cccc2cc[nH]c12. The van der Waals surface area contributed by atoms with Gasteiger partial charge in [0, 0.05) is 37.8 Å². The molecule has 0 unspecified atom stereocenters. The number of para-hydroxylation sites is 1. The number of nitrogens with one attached hydrogen (secondary N) is 1. The summed E-state index contributed by atoms with van der Waals surface area (Å²) in [5, 5.41) is 1.09. The summed E-state index contributed by atoms with van der Waals surface area (Å²) in [5.41, 5.74) is 1.69. The number of fused-ring (bicyclic) bond motifs is 1. The number of rotatable bonds is 5. The van der Waals surface area contributed by atoms with Crippen molar-refractivity contribution in [3.63, 3.8) is 0 Å². The lowest BCUT2D eigenvalue weighted by Crippen LogP contribution is -2.38. The molecule has 0 aliphatic heterocycles. The summed E-state index contributed by atoms with van der Waals surface area (Å²) in [6.45, 7) is 1.70. The van der Waals surface area contributed by atoms with Crippen LogP contribution in [-0.2, 0) is 0 Å². The summed E-state index contributed by atoms with van der Waals surface area (Å²) in [5.74, 6) is 0.0906. The molecule has 0 atom stereocenters. The van der Waals surface area contributed by atoms with Crippen molar-refractivity contribution in [3.05, 3.63) is 36.0 Å². The van der Waals surface area contributed by atoms with Gasteiger partial charge in [0.25, 0.3) is 5.91 Å². The number of benzene rings is 1. The molecule has 118 valence electrons. The van der Waals surface area contributed by atoms with E-state index in [0.29, 0.717) is 6.04 Å². The van der Waals surface area contributed by atoms with Gasteiger partial charge >= 0.3 is 0 Å². The zero-order chi connectivity index (χ0) is 15.5. The lowest BCUT2D eigenvalue weighted by atomic mass is 10.1. The Morgan fingerprint density at radius 2 is 1.95 bits per heavy atom. The van der Waals surface area contributed by atoms with Crippen molar-refractivity contribution in [2.75, 3.05) is 27.2 Å². The molecule has 0 radical (unpaired) electrons. The monoisotopic (exact) mass is 299 g/mol. The molecule has 1 aromatic heterocycles. The number of likely N-dealkylation sites (N-methyl/N-ethyl adjacent to an activating group) is 2. The highest BCUT2D eigenvalue weighted by atomic mass is 16.2. The van der Waals surface area contributed by atoms with Crippen molar-refractivity contribution >= 4 is 16.8 Å². The molecule has 1 aliphatic rings. The van der Waals surface area contributed by atoms with Gasteiger partial charge in [0.1, 0.15) is 0 Å². The smallest absolute Gasteiger partial charge is 0.255 e. The molecule has 4 heteroatoms. The van der Waals surface area contributed by atoms with Gasteiger partial charge in [0.05, 0.1) is 11.1 Å². The van der Waals surface area contributed by atoms with Gasteiger partial charge in [0.15, 0.2) is 0 Å². The minimum atomic E-state index is 0.0906. The van der Waals surface area contributed by atoms with Gasteiger partial charge < -0.3 is 14.8 Å². The van der Waals surface area contributed by atoms with Crippen molar-refractivity contribution in [2.45, 2.75) is 31.7 Å². The van der Waals surface area contributed by atoms with Crippen LogP contribution < -0.4 is 0 Å². The number of hydrogen-bond acceptors (Lipinski definition) is 2. The van der Waals surface area contributed by atoms with E-state index in [1.54, 1.807) is 0 Å². The molecule has 4 nitrogen and oxygen atoms in total. The molecule has 1 amide bonds. The number of aromatic nitrogens is 1. The van der Waals surface area contributed by atoms with Crippen LogP contribution in [0.5, 0.6) is 0 Å². The summed E-state index contributed by atoms with van der Waals surface area (Å²) in [4.78, 5) is 20.1. The molecule has 1 saturated carbocycles. The topological polar surface area (TPSA) is 39.3 Å². The second-order valence-corrected chi connectivity index (χ2v) is 6.39. The number of nitrogens with zero attached hydrogens (tertiary/aromatic N) is 2. The Bertz CT molecular complexity index is 643. The van der Waals surface area contributed by atoms with Crippen LogP contribution in [0.1, 0.15) is 36.0 Å². The van der Waals surface area contributed by atoms with Gasteiger partial charge in [-0.25, -0.2) is 0 Å². The first-order chi connectivity index (χ1) is 10.7. The highest BCUT2D eigenvalue weighted by Crippen LogP contribution is 2.22. The Morgan fingerprint density at radius 3 is 2.73 bits per heavy atom. The summed E-state index contributed by atoms with van der Waals surface area (Å²) >= 11 is 0. The molecule has 1 aromatic carbocycles. The highest BCUT2D eigenvalue weighted by Gasteiger charge is 2.21. The Balaban J connectivity index is 1.63. The summed E-state index contributed by atoms with van der Waals surface area (Å²) in [6.07, 6.45) is 7.18. The Kier molecular flexibility index (Phi) is 4.48. The molecule has 0 bridgehead atoms. The Hall–Kier alpha value is -1.81. The van der Waals surface area contributed by atoms with Crippen LogP contribution in [-0.4, -0.2) is 53.9 Å². The van der Waals surface area contributed by atoms with E-state index in [9.17, 15) is 4.79 Å². The molecule has 3 rings (SSSR count). The first-order valence-electron chi connectivity index (χ1n) is 8.18. The second kappa shape index (κ2) is 6.53. The number of carbonyl (C=O) groups excluding carboxylic acids is 1. The van der Waals surface area contributed by atoms with Crippen LogP contribution in [0.2, 0.25) is 0 Å². The van der Waals surface area contributed by atoms with Crippen LogP contribution in [0.3, 0.4) is 0 Å². The maximum absolute atomic E-state index is 12.7. The van der Waals surface area contributed by atoms with Gasteiger partial charge in [-0.05, 0) is 32.0 Å². The van der Waals surface area contributed by atoms with Crippen LogP contribution in [0.25, 0.3) is 10.9 Å². The second-order valence-electron chi connectivity index (χ2n) is 6.39. The predicted octanol–water partition coefficient (Wildman–Crippen LogP) is 3.11. The summed E-state index contributed by atoms with van der Waals surface area (Å²) in [6, 6.07) is 8.58. The normalized spacial score (nSPS) is 15.8. The molecular weight excluding hydrogens is 274 g/mol. The number of carbonyl (C=O) groups is 1. The third kappa shape index (κ3) is 3.02. The van der Waals surface area contributed by atoms with Crippen LogP contribution in [0.4, 0.5) is 0 Å². The molecule has 2 aromatic rings. The van der Waals surface area contributed by atoms with Crippen molar-refractivity contribution in [1.29, 1.82) is 0 Å². The standard InChI is InChI=1S/C18H25N3O/c1-20(15-7-3-4-8-15)12-13-21(2)18(22)16-9-5-6-14-10-11-19-17(14)16/h5-6,9-11,15,19H,3-4,7-8,12-13H2,1-2H3. The van der Waals surface area contributed by atoms with E-state index < -0.39 is 0 Å². The fourth-order valence-corrected chi connectivity index (χ4v) is 3.41. The fraction of sp³-hybridized carbons (Fsp3) is 0.500. The minimum absolute atomic E-state index is 0.0906. The lowest BCUT2D eigenvalue weighted by molar-refractivity contribution is 0.0776. The molecular formula is C18H25N3O. The van der Waals surface area contributed by atoms with Crippen LogP contribution in [0.15, 0.2) is 30.5 Å². The Labute approximate surface area is 132 Å². The molecule has 1 fully saturated rings. The third-order valence-corrected chi connectivity index (χ3v) is 4.90. The number of aromatic amines is 1. The lowest BCUT2D eigenvalue weighted by Gasteiger charge is -2.27. The first kappa shape index (κ1) is 15.1. The van der Waals surface area contributed by atoms with Gasteiger partial charge in [-0.15, -0.1) is 0 Å². The van der Waals surface area contributed by atoms with Crippen LogP contribution in [0, 0.1) is 0 Å². The van der Waals surface area contributed by atoms with Crippen molar-refractivity contribution in [1.82, 2.24) is 14.8 Å². The third-order valence-electron chi connectivity index (χ3n) is 4.90. The van der Waals surface area contributed by atoms with Gasteiger partial charge in [-0.1, -0.05) is 25.0 Å². The number of hydrogen-bond donors (Lipinski definition) is 1. The minimum Gasteiger partial charge on any atom is -0.361 e. The van der Waals surface area contributed by atoms with Crippen molar-refractivity contribution in [3.8, 4) is 0 Å². The maximum Gasteiger partial charge on any atom is 0.255 e. The molecule has 0 saturated heterocycles. The summed E-state index contributed by atoms with van der Waals surface area (Å²) < 4.78 is 0. The quantitative estimate of drug-likeness (QED) is 0.921. The zero-order valence-corrected chi connectivity index (χ0v) is 13.5. The van der Waals surface area contributed by atoms with E-state index in [4.69, 9.17) is 0 Å². The van der Waals surface area contributed by atoms with Gasteiger partial charge in [-0.2, -0.15) is 0 Å². The summed E-state index contributed by atoms with van der Waals surface area (Å²) in [7, 11) is 4.08. The zero-order valence-electron chi connectivity index (χ0n) is 13.5. The van der Waals surface area contributed by atoms with E-state index >= 15 is 0 Å². The first-order valence-corrected chi connectivity index (χ1v) is 8.18. The van der Waals surface area contributed by atoms with Gasteiger partial charge in [0.2, 0.25) is 0 Å². The predicted molar refractivity (Wildman–Crippen MR) is 90.1 cm³/mol. The van der Waals surface area contributed by atoms with Crippen molar-refractivity contribution in [2.24, 2.45) is 0 Å². The Morgan fingerprint density at radius 1 is 1.18 bits per heavy atom. The van der Waals surface area contributed by atoms with E-state index in [-0.39, 0.29) is 5.91 Å². The average Bonchev–Trinajstić information content (AvgIpc) is 3.21. The van der Waals surface area contributed by atoms with E-state index in [2.05, 4.69) is 16.9 Å².